The molecule has 3 rings (SSSR count). The minimum Gasteiger partial charge on any atom is -0.492 e. The van der Waals surface area contributed by atoms with Crippen molar-refractivity contribution in [1.29, 1.82) is 0 Å². The number of H-pyrrole nitrogens is 1. The second kappa shape index (κ2) is 8.94. The molecule has 0 unspecified atom stereocenters. The molecule has 144 valence electrons. The molecule has 1 aromatic carbocycles. The molecule has 0 saturated heterocycles. The summed E-state index contributed by atoms with van der Waals surface area (Å²) in [5.74, 6) is 0.692. The van der Waals surface area contributed by atoms with Gasteiger partial charge in [0.15, 0.2) is 0 Å². The van der Waals surface area contributed by atoms with Crippen LogP contribution in [-0.4, -0.2) is 34.2 Å². The predicted octanol–water partition coefficient (Wildman–Crippen LogP) is 2.76. The SMILES string of the molecule is CC(C)c1cccc(OCCNC(=O)c2cc(-c3ccncc3)n[nH]c2=O)c1. The van der Waals surface area contributed by atoms with Gasteiger partial charge in [0, 0.05) is 18.0 Å². The second-order valence-corrected chi connectivity index (χ2v) is 6.56. The lowest BCUT2D eigenvalue weighted by molar-refractivity contribution is 0.0945. The molecule has 2 N–H and O–H groups in total. The third kappa shape index (κ3) is 4.82. The van der Waals surface area contributed by atoms with E-state index in [0.29, 0.717) is 18.2 Å². The molecule has 28 heavy (non-hydrogen) atoms. The molecule has 0 radical (unpaired) electrons. The first-order valence-corrected chi connectivity index (χ1v) is 9.05. The van der Waals surface area contributed by atoms with Gasteiger partial charge in [-0.3, -0.25) is 14.6 Å². The highest BCUT2D eigenvalue weighted by atomic mass is 16.5. The van der Waals surface area contributed by atoms with Crippen LogP contribution in [0.3, 0.4) is 0 Å². The van der Waals surface area contributed by atoms with Crippen molar-refractivity contribution in [3.63, 3.8) is 0 Å². The minimum atomic E-state index is -0.541. The van der Waals surface area contributed by atoms with Crippen LogP contribution in [0.2, 0.25) is 0 Å². The third-order valence-electron chi connectivity index (χ3n) is 4.21. The van der Waals surface area contributed by atoms with Crippen molar-refractivity contribution in [3.05, 3.63) is 76.3 Å². The summed E-state index contributed by atoms with van der Waals surface area (Å²) in [7, 11) is 0. The number of ether oxygens (including phenoxy) is 1. The van der Waals surface area contributed by atoms with Crippen LogP contribution in [0.5, 0.6) is 5.75 Å². The van der Waals surface area contributed by atoms with E-state index >= 15 is 0 Å². The van der Waals surface area contributed by atoms with Gasteiger partial charge in [-0.2, -0.15) is 5.10 Å². The number of aromatic amines is 1. The zero-order valence-corrected chi connectivity index (χ0v) is 15.8. The van der Waals surface area contributed by atoms with Gasteiger partial charge in [-0.05, 0) is 41.8 Å². The predicted molar refractivity (Wildman–Crippen MR) is 106 cm³/mol. The molecule has 0 spiro atoms. The maximum Gasteiger partial charge on any atom is 0.277 e. The Kier molecular flexibility index (Phi) is 6.16. The van der Waals surface area contributed by atoms with Gasteiger partial charge in [0.25, 0.3) is 11.5 Å². The number of carbonyl (C=O) groups is 1. The topological polar surface area (TPSA) is 97.0 Å². The number of hydrogen-bond acceptors (Lipinski definition) is 5. The molecule has 7 heteroatoms. The van der Waals surface area contributed by atoms with E-state index in [2.05, 4.69) is 40.4 Å². The summed E-state index contributed by atoms with van der Waals surface area (Å²) in [4.78, 5) is 28.3. The average molecular weight is 378 g/mol. The van der Waals surface area contributed by atoms with E-state index in [4.69, 9.17) is 4.74 Å². The van der Waals surface area contributed by atoms with Crippen molar-refractivity contribution < 1.29 is 9.53 Å². The van der Waals surface area contributed by atoms with E-state index in [0.717, 1.165) is 11.3 Å². The molecule has 0 bridgehead atoms. The molecule has 0 saturated carbocycles. The van der Waals surface area contributed by atoms with Crippen molar-refractivity contribution in [1.82, 2.24) is 20.5 Å². The Bertz CT molecular complexity index is 1000. The first kappa shape index (κ1) is 19.3. The molecule has 0 aliphatic rings. The zero-order chi connectivity index (χ0) is 19.9. The highest BCUT2D eigenvalue weighted by molar-refractivity contribution is 5.94. The second-order valence-electron chi connectivity index (χ2n) is 6.56. The number of benzene rings is 1. The lowest BCUT2D eigenvalue weighted by Crippen LogP contribution is -2.32. The first-order chi connectivity index (χ1) is 13.5. The van der Waals surface area contributed by atoms with Crippen LogP contribution in [0.1, 0.15) is 35.7 Å². The Morgan fingerprint density at radius 3 is 2.71 bits per heavy atom. The smallest absolute Gasteiger partial charge is 0.277 e. The quantitative estimate of drug-likeness (QED) is 0.616. The van der Waals surface area contributed by atoms with Gasteiger partial charge in [-0.25, -0.2) is 5.10 Å². The summed E-state index contributed by atoms with van der Waals surface area (Å²) in [6.45, 7) is 4.81. The van der Waals surface area contributed by atoms with E-state index in [1.54, 1.807) is 24.5 Å². The number of amides is 1. The van der Waals surface area contributed by atoms with Gasteiger partial charge in [0.05, 0.1) is 12.2 Å². The van der Waals surface area contributed by atoms with Crippen LogP contribution in [-0.2, 0) is 0 Å². The van der Waals surface area contributed by atoms with Crippen LogP contribution in [0.15, 0.2) is 59.7 Å². The summed E-state index contributed by atoms with van der Waals surface area (Å²) < 4.78 is 5.69. The molecule has 7 nitrogen and oxygen atoms in total. The average Bonchev–Trinajstić information content (AvgIpc) is 2.72. The van der Waals surface area contributed by atoms with Crippen molar-refractivity contribution in [3.8, 4) is 17.0 Å². The van der Waals surface area contributed by atoms with Crippen LogP contribution in [0, 0.1) is 0 Å². The number of rotatable bonds is 7. The summed E-state index contributed by atoms with van der Waals surface area (Å²) in [5, 5.41) is 9.05. The molecule has 0 aliphatic heterocycles. The number of carbonyl (C=O) groups excluding carboxylic acids is 1. The van der Waals surface area contributed by atoms with E-state index < -0.39 is 11.5 Å². The fourth-order valence-corrected chi connectivity index (χ4v) is 2.64. The number of pyridine rings is 1. The molecule has 0 aliphatic carbocycles. The maximum absolute atomic E-state index is 12.4. The van der Waals surface area contributed by atoms with E-state index in [1.807, 2.05) is 18.2 Å². The largest absolute Gasteiger partial charge is 0.492 e. The molecule has 0 atom stereocenters. The van der Waals surface area contributed by atoms with E-state index in [9.17, 15) is 9.59 Å². The molecule has 2 aromatic heterocycles. The molecule has 2 heterocycles. The van der Waals surface area contributed by atoms with Crippen molar-refractivity contribution in [2.24, 2.45) is 0 Å². The molecule has 3 aromatic rings. The van der Waals surface area contributed by atoms with Crippen molar-refractivity contribution in [2.45, 2.75) is 19.8 Å². The maximum atomic E-state index is 12.4. The summed E-state index contributed by atoms with van der Waals surface area (Å²) in [5.41, 5.74) is 1.90. The van der Waals surface area contributed by atoms with Crippen molar-refractivity contribution >= 4 is 5.91 Å². The third-order valence-corrected chi connectivity index (χ3v) is 4.21. The summed E-state index contributed by atoms with van der Waals surface area (Å²) in [6, 6.07) is 12.8. The standard InChI is InChI=1S/C21H22N4O3/c1-14(2)16-4-3-5-17(12-16)28-11-10-23-20(26)18-13-19(24-25-21(18)27)15-6-8-22-9-7-15/h3-9,12-14H,10-11H2,1-2H3,(H,23,26)(H,25,27). The number of aromatic nitrogens is 3. The van der Waals surface area contributed by atoms with Crippen LogP contribution in [0.25, 0.3) is 11.3 Å². The van der Waals surface area contributed by atoms with Crippen LogP contribution < -0.4 is 15.6 Å². The Hall–Kier alpha value is -3.48. The summed E-state index contributed by atoms with van der Waals surface area (Å²) in [6.07, 6.45) is 3.24. The highest BCUT2D eigenvalue weighted by Gasteiger charge is 2.13. The van der Waals surface area contributed by atoms with Crippen LogP contribution >= 0.6 is 0 Å². The number of hydrogen-bond donors (Lipinski definition) is 2. The zero-order valence-electron chi connectivity index (χ0n) is 15.8. The summed E-state index contributed by atoms with van der Waals surface area (Å²) >= 11 is 0. The van der Waals surface area contributed by atoms with E-state index in [1.165, 1.54) is 11.6 Å². The van der Waals surface area contributed by atoms with Gasteiger partial charge in [0.2, 0.25) is 0 Å². The fourth-order valence-electron chi connectivity index (χ4n) is 2.64. The Morgan fingerprint density at radius 1 is 1.18 bits per heavy atom. The highest BCUT2D eigenvalue weighted by Crippen LogP contribution is 2.20. The Morgan fingerprint density at radius 2 is 1.96 bits per heavy atom. The number of nitrogens with one attached hydrogen (secondary N) is 2. The fraction of sp³-hybridized carbons (Fsp3) is 0.238. The molecular formula is C21H22N4O3. The number of nitrogens with zero attached hydrogens (tertiary/aromatic N) is 2. The molecule has 0 fully saturated rings. The van der Waals surface area contributed by atoms with Crippen LogP contribution in [0.4, 0.5) is 0 Å². The van der Waals surface area contributed by atoms with E-state index in [-0.39, 0.29) is 12.1 Å². The molecule has 1 amide bonds. The lowest BCUT2D eigenvalue weighted by atomic mass is 10.0. The monoisotopic (exact) mass is 378 g/mol. The van der Waals surface area contributed by atoms with Gasteiger partial charge in [-0.1, -0.05) is 26.0 Å². The van der Waals surface area contributed by atoms with Gasteiger partial charge >= 0.3 is 0 Å². The molecular weight excluding hydrogens is 356 g/mol. The van der Waals surface area contributed by atoms with Gasteiger partial charge < -0.3 is 10.1 Å². The normalized spacial score (nSPS) is 10.7. The minimum absolute atomic E-state index is 0.00335. The first-order valence-electron chi connectivity index (χ1n) is 9.05. The Labute approximate surface area is 162 Å². The lowest BCUT2D eigenvalue weighted by Gasteiger charge is -2.10. The van der Waals surface area contributed by atoms with Gasteiger partial charge in [0.1, 0.15) is 17.9 Å². The Balaban J connectivity index is 1.59. The van der Waals surface area contributed by atoms with Gasteiger partial charge in [-0.15, -0.1) is 0 Å². The van der Waals surface area contributed by atoms with Crippen molar-refractivity contribution in [2.75, 3.05) is 13.2 Å².